The molecule has 1 aliphatic carbocycles. The van der Waals surface area contributed by atoms with Crippen molar-refractivity contribution in [1.82, 2.24) is 4.57 Å². The molecule has 3 nitrogen and oxygen atoms in total. The molecular weight excluding hydrogens is 807 g/mol. The van der Waals surface area contributed by atoms with E-state index in [1.165, 1.54) is 64.3 Å². The Bertz CT molecular complexity index is 3690. The van der Waals surface area contributed by atoms with E-state index in [2.05, 4.69) is 263 Å². The first kappa shape index (κ1) is 37.4. The van der Waals surface area contributed by atoms with Crippen molar-refractivity contribution in [1.29, 1.82) is 0 Å². The topological polar surface area (TPSA) is 11.4 Å². The highest BCUT2D eigenvalue weighted by Gasteiger charge is 2.50. The monoisotopic (exact) mass is 847 g/mol. The number of thiophene rings is 1. The summed E-state index contributed by atoms with van der Waals surface area (Å²) < 4.78 is 4.96. The lowest BCUT2D eigenvalue weighted by molar-refractivity contribution is 0.644. The SMILES string of the molecule is c1ccc(N(c2ccccc2)C2(c3ccccc3)c3ccccc3-c3ccc(N(c4ccc5c6ccccc6n(-c6ccccc6)c5c4)c4cccc5c4sc4ccccc45)cc32)cc1. The van der Waals surface area contributed by atoms with Crippen LogP contribution in [0.15, 0.2) is 249 Å². The molecule has 0 fully saturated rings. The number of fused-ring (bicyclic) bond motifs is 9. The quantitative estimate of drug-likeness (QED) is 0.151. The van der Waals surface area contributed by atoms with Gasteiger partial charge in [-0.3, -0.25) is 0 Å². The zero-order chi connectivity index (χ0) is 42.9. The minimum absolute atomic E-state index is 0.745. The van der Waals surface area contributed by atoms with Crippen LogP contribution in [0.2, 0.25) is 0 Å². The third kappa shape index (κ3) is 5.67. The van der Waals surface area contributed by atoms with Gasteiger partial charge in [0, 0.05) is 54.7 Å². The summed E-state index contributed by atoms with van der Waals surface area (Å²) in [5, 5.41) is 5.00. The van der Waals surface area contributed by atoms with Crippen LogP contribution in [0.4, 0.5) is 28.4 Å². The van der Waals surface area contributed by atoms with Gasteiger partial charge in [-0.05, 0) is 107 Å². The Labute approximate surface area is 381 Å². The number of benzene rings is 10. The highest BCUT2D eigenvalue weighted by atomic mass is 32.1. The van der Waals surface area contributed by atoms with E-state index in [0.717, 1.165) is 39.6 Å². The molecule has 0 radical (unpaired) electrons. The Balaban J connectivity index is 1.14. The van der Waals surface area contributed by atoms with E-state index in [1.807, 2.05) is 11.3 Å². The number of hydrogen-bond donors (Lipinski definition) is 0. The van der Waals surface area contributed by atoms with Crippen LogP contribution in [0, 0.1) is 0 Å². The van der Waals surface area contributed by atoms with E-state index in [-0.39, 0.29) is 0 Å². The van der Waals surface area contributed by atoms with E-state index in [1.54, 1.807) is 0 Å². The zero-order valence-electron chi connectivity index (χ0n) is 35.4. The van der Waals surface area contributed by atoms with Crippen LogP contribution in [0.25, 0.3) is 58.8 Å². The first-order valence-corrected chi connectivity index (χ1v) is 23.1. The van der Waals surface area contributed by atoms with Crippen LogP contribution >= 0.6 is 11.3 Å². The second-order valence-corrected chi connectivity index (χ2v) is 17.9. The minimum Gasteiger partial charge on any atom is -0.323 e. The standard InChI is InChI=1S/C61H41N3S/c1-5-20-42(21-6-1)61(64(44-24-9-3-10-25-44)45-26-11-4-12-27-45)54-32-16-13-28-48(54)49-38-36-46(40-55(49)61)62(57-34-19-31-53-52-30-15-18-35-59(52)65-60(53)57)47-37-39-51-50-29-14-17-33-56(50)63(58(51)41-47)43-22-7-2-8-23-43/h1-41H. The van der Waals surface area contributed by atoms with Gasteiger partial charge < -0.3 is 14.4 Å². The van der Waals surface area contributed by atoms with Crippen molar-refractivity contribution in [3.8, 4) is 16.8 Å². The minimum atomic E-state index is -0.745. The summed E-state index contributed by atoms with van der Waals surface area (Å²) >= 11 is 1.87. The Morgan fingerprint density at radius 3 is 1.71 bits per heavy atom. The molecule has 306 valence electrons. The summed E-state index contributed by atoms with van der Waals surface area (Å²) in [6.45, 7) is 0. The molecule has 1 aliphatic rings. The molecule has 4 heteroatoms. The fourth-order valence-corrected chi connectivity index (χ4v) is 11.9. The third-order valence-electron chi connectivity index (χ3n) is 13.4. The van der Waals surface area contributed by atoms with Crippen molar-refractivity contribution in [2.24, 2.45) is 0 Å². The lowest BCUT2D eigenvalue weighted by Crippen LogP contribution is -2.44. The largest absolute Gasteiger partial charge is 0.323 e. The van der Waals surface area contributed by atoms with Gasteiger partial charge in [-0.25, -0.2) is 0 Å². The van der Waals surface area contributed by atoms with Gasteiger partial charge in [-0.1, -0.05) is 170 Å². The summed E-state index contributed by atoms with van der Waals surface area (Å²) in [6.07, 6.45) is 0. The summed E-state index contributed by atoms with van der Waals surface area (Å²) in [5.41, 5.74) is 14.4. The molecule has 0 spiro atoms. The van der Waals surface area contributed by atoms with Gasteiger partial charge in [0.05, 0.1) is 21.4 Å². The summed E-state index contributed by atoms with van der Waals surface area (Å²) in [4.78, 5) is 5.08. The van der Waals surface area contributed by atoms with Crippen molar-refractivity contribution in [2.45, 2.75) is 5.54 Å². The van der Waals surface area contributed by atoms with Crippen molar-refractivity contribution < 1.29 is 0 Å². The smallest absolute Gasteiger partial charge is 0.122 e. The molecule has 1 atom stereocenters. The van der Waals surface area contributed by atoms with Gasteiger partial charge in [0.15, 0.2) is 0 Å². The van der Waals surface area contributed by atoms with E-state index >= 15 is 0 Å². The maximum Gasteiger partial charge on any atom is 0.122 e. The second kappa shape index (κ2) is 15.0. The lowest BCUT2D eigenvalue weighted by atomic mass is 9.78. The van der Waals surface area contributed by atoms with Gasteiger partial charge in [-0.15, -0.1) is 11.3 Å². The maximum absolute atomic E-state index is 2.57. The number of para-hydroxylation sites is 4. The molecule has 0 N–H and O–H groups in total. The van der Waals surface area contributed by atoms with Crippen molar-refractivity contribution in [3.05, 3.63) is 265 Å². The van der Waals surface area contributed by atoms with Crippen LogP contribution in [-0.2, 0) is 5.54 Å². The van der Waals surface area contributed by atoms with Gasteiger partial charge in [0.2, 0.25) is 0 Å². The fraction of sp³-hybridized carbons (Fsp3) is 0.0164. The van der Waals surface area contributed by atoms with E-state index in [0.29, 0.717) is 0 Å². The molecule has 0 amide bonds. The maximum atomic E-state index is 2.57. The average Bonchev–Trinajstić information content (AvgIpc) is 4.02. The van der Waals surface area contributed by atoms with E-state index in [9.17, 15) is 0 Å². The van der Waals surface area contributed by atoms with Gasteiger partial charge in [0.1, 0.15) is 5.54 Å². The molecule has 0 bridgehead atoms. The Hall–Kier alpha value is -8.18. The molecule has 13 rings (SSSR count). The van der Waals surface area contributed by atoms with E-state index in [4.69, 9.17) is 0 Å². The average molecular weight is 848 g/mol. The predicted molar refractivity (Wildman–Crippen MR) is 275 cm³/mol. The highest BCUT2D eigenvalue weighted by molar-refractivity contribution is 7.26. The number of aromatic nitrogens is 1. The molecule has 0 saturated heterocycles. The van der Waals surface area contributed by atoms with Gasteiger partial charge in [-0.2, -0.15) is 0 Å². The Morgan fingerprint density at radius 2 is 0.938 bits per heavy atom. The molecule has 1 unspecified atom stereocenters. The molecule has 10 aromatic carbocycles. The molecule has 2 aromatic heterocycles. The van der Waals surface area contributed by atoms with Crippen molar-refractivity contribution in [2.75, 3.05) is 9.80 Å². The Morgan fingerprint density at radius 1 is 0.369 bits per heavy atom. The molecule has 65 heavy (non-hydrogen) atoms. The number of anilines is 5. The van der Waals surface area contributed by atoms with Crippen LogP contribution in [0.3, 0.4) is 0 Å². The van der Waals surface area contributed by atoms with Crippen LogP contribution < -0.4 is 9.80 Å². The zero-order valence-corrected chi connectivity index (χ0v) is 36.2. The first-order chi connectivity index (χ1) is 32.3. The van der Waals surface area contributed by atoms with Crippen LogP contribution in [0.1, 0.15) is 16.7 Å². The lowest BCUT2D eigenvalue weighted by Gasteiger charge is -2.45. The van der Waals surface area contributed by atoms with Crippen molar-refractivity contribution >= 4 is 81.8 Å². The second-order valence-electron chi connectivity index (χ2n) is 16.8. The molecule has 12 aromatic rings. The summed E-state index contributed by atoms with van der Waals surface area (Å²) in [6, 6.07) is 91.4. The summed E-state index contributed by atoms with van der Waals surface area (Å²) in [7, 11) is 0. The van der Waals surface area contributed by atoms with Crippen molar-refractivity contribution in [3.63, 3.8) is 0 Å². The van der Waals surface area contributed by atoms with E-state index < -0.39 is 5.54 Å². The number of hydrogen-bond acceptors (Lipinski definition) is 3. The molecule has 0 saturated carbocycles. The molecular formula is C61H41N3S. The van der Waals surface area contributed by atoms with Gasteiger partial charge in [0.25, 0.3) is 0 Å². The number of rotatable bonds is 8. The first-order valence-electron chi connectivity index (χ1n) is 22.3. The normalized spacial score (nSPS) is 14.2. The molecule has 0 aliphatic heterocycles. The van der Waals surface area contributed by atoms with Gasteiger partial charge >= 0.3 is 0 Å². The highest BCUT2D eigenvalue weighted by Crippen LogP contribution is 2.59. The number of nitrogens with zero attached hydrogens (tertiary/aromatic N) is 3. The fourth-order valence-electron chi connectivity index (χ4n) is 10.7. The Kier molecular flexibility index (Phi) is 8.62. The third-order valence-corrected chi connectivity index (χ3v) is 14.6. The van der Waals surface area contributed by atoms with Crippen LogP contribution in [-0.4, -0.2) is 4.57 Å². The van der Waals surface area contributed by atoms with Crippen LogP contribution in [0.5, 0.6) is 0 Å². The molecule has 2 heterocycles. The summed E-state index contributed by atoms with van der Waals surface area (Å²) in [5.74, 6) is 0. The predicted octanol–water partition coefficient (Wildman–Crippen LogP) is 16.7.